The molecule has 0 radical (unpaired) electrons. The molecule has 6 rings (SSSR count). The largest absolute Gasteiger partial charge is 0.472 e. The van der Waals surface area contributed by atoms with E-state index in [0.29, 0.717) is 0 Å². The number of imidazole rings is 2. The Morgan fingerprint density at radius 1 is 1.07 bits per heavy atom. The summed E-state index contributed by atoms with van der Waals surface area (Å²) < 4.78 is 37.4. The normalized spacial score (nSPS) is 30.4. The molecule has 4 aromatic heterocycles. The Kier molecular flexibility index (Phi) is 6.85. The van der Waals surface area contributed by atoms with Crippen LogP contribution < -0.4 is 11.3 Å². The number of nitrogens with one attached hydrogen (secondary N) is 1. The molecule has 19 nitrogen and oxygen atoms in total. The predicted octanol–water partition coefficient (Wildman–Crippen LogP) is -2.40. The Bertz CT molecular complexity index is 1640. The number of nitrogen functional groups attached to an aromatic ring is 1. The van der Waals surface area contributed by atoms with Gasteiger partial charge in [-0.2, -0.15) is 0 Å². The number of aliphatic hydroxyl groups is 3. The van der Waals surface area contributed by atoms with Gasteiger partial charge in [-0.1, -0.05) is 0 Å². The molecule has 4 aromatic rings. The molecule has 0 aliphatic carbocycles. The van der Waals surface area contributed by atoms with Gasteiger partial charge >= 0.3 is 7.82 Å². The second-order valence-electron chi connectivity index (χ2n) is 9.14. The third-order valence-electron chi connectivity index (χ3n) is 6.79. The zero-order chi connectivity index (χ0) is 28.2. The second-order valence-corrected chi connectivity index (χ2v) is 10.5. The SMILES string of the molecule is Nc1ncnc2c1ncn2[C@@H]1O[C@H](CO)[C@@H](O)[C@H]1OP(=O)(O)OC[C@H]1OC[C@@H](n2cnc3c(=O)[nH]cnc32)[C@@H]1O. The number of anilines is 1. The Labute approximate surface area is 222 Å². The molecule has 2 fully saturated rings. The third-order valence-corrected chi connectivity index (χ3v) is 7.77. The average Bonchev–Trinajstić information content (AvgIpc) is 3.69. The van der Waals surface area contributed by atoms with Crippen molar-refractivity contribution in [2.24, 2.45) is 0 Å². The van der Waals surface area contributed by atoms with E-state index in [1.54, 1.807) is 0 Å². The van der Waals surface area contributed by atoms with Crippen LogP contribution in [0.25, 0.3) is 22.3 Å². The lowest BCUT2D eigenvalue weighted by atomic mass is 10.1. The van der Waals surface area contributed by atoms with E-state index in [1.807, 2.05) is 0 Å². The highest BCUT2D eigenvalue weighted by Gasteiger charge is 2.50. The van der Waals surface area contributed by atoms with Crippen molar-refractivity contribution in [3.8, 4) is 0 Å². The van der Waals surface area contributed by atoms with Gasteiger partial charge in [0.25, 0.3) is 5.56 Å². The van der Waals surface area contributed by atoms with Crippen LogP contribution in [-0.2, 0) is 23.1 Å². The molecule has 2 aliphatic rings. The minimum Gasteiger partial charge on any atom is -0.394 e. The van der Waals surface area contributed by atoms with Gasteiger partial charge in [-0.3, -0.25) is 18.4 Å². The van der Waals surface area contributed by atoms with Crippen molar-refractivity contribution in [3.63, 3.8) is 0 Å². The van der Waals surface area contributed by atoms with Gasteiger partial charge in [0.05, 0.1) is 44.8 Å². The van der Waals surface area contributed by atoms with E-state index >= 15 is 0 Å². The zero-order valence-electron chi connectivity index (χ0n) is 20.4. The quantitative estimate of drug-likeness (QED) is 0.118. The summed E-state index contributed by atoms with van der Waals surface area (Å²) in [7, 11) is -4.91. The summed E-state index contributed by atoms with van der Waals surface area (Å²) in [4.78, 5) is 45.0. The first-order valence-electron chi connectivity index (χ1n) is 11.9. The standard InChI is InChI=1S/C20H24N9O10P/c21-16-11-17(23-4-22-16)29(7-26-11)20-15(14(32)9(1-30)38-20)39-40(34,35)37-3-10-13(31)8(2-36-10)28-6-27-12-18(28)24-5-25-19(12)33/h4-10,13-15,20,30-32H,1-3H2,(H,34,35)(H2,21,22,23)(H,24,25,33)/t8-,9-,10-,13+,14-,15-,20-/m1/s1. The number of H-pyrrole nitrogens is 1. The van der Waals surface area contributed by atoms with Gasteiger partial charge in [0, 0.05) is 0 Å². The maximum atomic E-state index is 12.9. The minimum atomic E-state index is -4.91. The van der Waals surface area contributed by atoms with Crippen LogP contribution in [0.1, 0.15) is 12.3 Å². The highest BCUT2D eigenvalue weighted by atomic mass is 31.2. The number of aromatic nitrogens is 8. The van der Waals surface area contributed by atoms with Crippen LogP contribution in [0.5, 0.6) is 0 Å². The first-order chi connectivity index (χ1) is 19.2. The van der Waals surface area contributed by atoms with Crippen LogP contribution in [0, 0.1) is 0 Å². The van der Waals surface area contributed by atoms with Gasteiger partial charge in [-0.05, 0) is 0 Å². The van der Waals surface area contributed by atoms with Crippen LogP contribution in [0.15, 0.2) is 30.1 Å². The molecule has 7 N–H and O–H groups in total. The fourth-order valence-corrected chi connectivity index (χ4v) is 5.71. The minimum absolute atomic E-state index is 0.0279. The number of phosphoric ester groups is 1. The summed E-state index contributed by atoms with van der Waals surface area (Å²) in [6.45, 7) is -1.22. The number of ether oxygens (including phenoxy) is 2. The number of aromatic amines is 1. The number of fused-ring (bicyclic) bond motifs is 2. The molecule has 2 aliphatic heterocycles. The first-order valence-corrected chi connectivity index (χ1v) is 13.4. The van der Waals surface area contributed by atoms with Crippen LogP contribution in [0.3, 0.4) is 0 Å². The van der Waals surface area contributed by atoms with Crippen LogP contribution in [0.2, 0.25) is 0 Å². The molecule has 2 saturated heterocycles. The first kappa shape index (κ1) is 26.8. The van der Waals surface area contributed by atoms with E-state index in [9.17, 15) is 29.6 Å². The lowest BCUT2D eigenvalue weighted by molar-refractivity contribution is -0.0533. The zero-order valence-corrected chi connectivity index (χ0v) is 21.3. The van der Waals surface area contributed by atoms with Crippen molar-refractivity contribution in [1.29, 1.82) is 0 Å². The van der Waals surface area contributed by atoms with Crippen molar-refractivity contribution in [3.05, 3.63) is 35.7 Å². The lowest BCUT2D eigenvalue weighted by Gasteiger charge is -2.25. The summed E-state index contributed by atoms with van der Waals surface area (Å²) in [5, 5.41) is 31.2. The summed E-state index contributed by atoms with van der Waals surface area (Å²) in [6, 6.07) is -0.712. The molecule has 1 unspecified atom stereocenters. The molecule has 0 spiro atoms. The lowest BCUT2D eigenvalue weighted by Crippen LogP contribution is -2.35. The monoisotopic (exact) mass is 581 g/mol. The van der Waals surface area contributed by atoms with Crippen LogP contribution in [0.4, 0.5) is 5.82 Å². The number of hydrogen-bond acceptors (Lipinski definition) is 15. The molecule has 6 heterocycles. The number of phosphoric acid groups is 1. The summed E-state index contributed by atoms with van der Waals surface area (Å²) >= 11 is 0. The second kappa shape index (κ2) is 10.2. The van der Waals surface area contributed by atoms with E-state index < -0.39 is 69.4 Å². The van der Waals surface area contributed by atoms with Gasteiger partial charge in [0.2, 0.25) is 0 Å². The van der Waals surface area contributed by atoms with Crippen molar-refractivity contribution >= 4 is 36.0 Å². The van der Waals surface area contributed by atoms with E-state index in [2.05, 4.69) is 29.9 Å². The van der Waals surface area contributed by atoms with Crippen LogP contribution >= 0.6 is 7.82 Å². The molecule has 20 heteroatoms. The van der Waals surface area contributed by atoms with Gasteiger partial charge in [0.1, 0.15) is 42.4 Å². The van der Waals surface area contributed by atoms with Gasteiger partial charge in [-0.15, -0.1) is 0 Å². The fraction of sp³-hybridized carbons (Fsp3) is 0.500. The Balaban J connectivity index is 1.16. The van der Waals surface area contributed by atoms with Crippen molar-refractivity contribution in [1.82, 2.24) is 39.0 Å². The number of rotatable bonds is 8. The molecule has 0 aromatic carbocycles. The van der Waals surface area contributed by atoms with Gasteiger partial charge in [-0.25, -0.2) is 29.5 Å². The summed E-state index contributed by atoms with van der Waals surface area (Å²) in [5.41, 5.74) is 6.10. The smallest absolute Gasteiger partial charge is 0.394 e. The molecule has 0 bridgehead atoms. The van der Waals surface area contributed by atoms with Gasteiger partial charge in [0.15, 0.2) is 28.9 Å². The average molecular weight is 581 g/mol. The molecular weight excluding hydrogens is 557 g/mol. The summed E-state index contributed by atoms with van der Waals surface area (Å²) in [5.74, 6) is 0.0781. The third kappa shape index (κ3) is 4.56. The predicted molar refractivity (Wildman–Crippen MR) is 130 cm³/mol. The van der Waals surface area contributed by atoms with E-state index in [0.717, 1.165) is 0 Å². The Morgan fingerprint density at radius 3 is 2.62 bits per heavy atom. The molecular formula is C20H24N9O10P. The highest BCUT2D eigenvalue weighted by molar-refractivity contribution is 7.47. The molecule has 0 saturated carbocycles. The Hall–Kier alpha value is -3.39. The van der Waals surface area contributed by atoms with E-state index in [-0.39, 0.29) is 34.8 Å². The molecule has 8 atom stereocenters. The van der Waals surface area contributed by atoms with Crippen LogP contribution in [-0.4, -0.2) is 110 Å². The van der Waals surface area contributed by atoms with Crippen molar-refractivity contribution in [2.45, 2.75) is 42.8 Å². The molecule has 214 valence electrons. The highest BCUT2D eigenvalue weighted by Crippen LogP contribution is 2.50. The van der Waals surface area contributed by atoms with Crippen molar-refractivity contribution < 1.29 is 43.3 Å². The number of aliphatic hydroxyl groups excluding tert-OH is 3. The Morgan fingerprint density at radius 2 is 1.82 bits per heavy atom. The molecule has 40 heavy (non-hydrogen) atoms. The number of nitrogens with zero attached hydrogens (tertiary/aromatic N) is 7. The number of nitrogens with two attached hydrogens (primary N) is 1. The van der Waals surface area contributed by atoms with Crippen molar-refractivity contribution in [2.75, 3.05) is 25.6 Å². The van der Waals surface area contributed by atoms with E-state index in [1.165, 1.54) is 34.4 Å². The summed E-state index contributed by atoms with van der Waals surface area (Å²) in [6.07, 6.45) is -2.76. The maximum absolute atomic E-state index is 12.9. The topological polar surface area (TPSA) is 268 Å². The molecule has 0 amide bonds. The maximum Gasteiger partial charge on any atom is 0.472 e. The fourth-order valence-electron chi connectivity index (χ4n) is 4.78. The van der Waals surface area contributed by atoms with E-state index in [4.69, 9.17) is 24.3 Å². The van der Waals surface area contributed by atoms with Gasteiger partial charge < -0.3 is 45.0 Å². The number of hydrogen-bond donors (Lipinski definition) is 6.